The van der Waals surface area contributed by atoms with E-state index < -0.39 is 11.9 Å². The number of nitrogens with two attached hydrogens (primary N) is 1. The van der Waals surface area contributed by atoms with Gasteiger partial charge in [0.1, 0.15) is 0 Å². The van der Waals surface area contributed by atoms with Crippen molar-refractivity contribution in [3.05, 3.63) is 0 Å². The average Bonchev–Trinajstić information content (AvgIpc) is 2.03. The van der Waals surface area contributed by atoms with Crippen molar-refractivity contribution < 1.29 is 24.9 Å². The molecule has 0 saturated heterocycles. The van der Waals surface area contributed by atoms with Gasteiger partial charge >= 0.3 is 11.9 Å². The van der Waals surface area contributed by atoms with Gasteiger partial charge in [0, 0.05) is 6.04 Å². The number of carboxylic acids is 2. The van der Waals surface area contributed by atoms with Gasteiger partial charge in [-0.15, -0.1) is 0 Å². The zero-order valence-corrected chi connectivity index (χ0v) is 7.60. The lowest BCUT2D eigenvalue weighted by Gasteiger charge is -2.09. The number of rotatable bonds is 2. The minimum absolute atomic E-state index is 0.0787. The summed E-state index contributed by atoms with van der Waals surface area (Å²) in [5, 5.41) is 23.6. The Morgan fingerprint density at radius 2 is 1.62 bits per heavy atom. The third-order valence-corrected chi connectivity index (χ3v) is 1.21. The van der Waals surface area contributed by atoms with Gasteiger partial charge in [-0.3, -0.25) is 0 Å². The average molecular weight is 193 g/mol. The molecule has 0 unspecified atom stereocenters. The maximum absolute atomic E-state index is 9.10. The van der Waals surface area contributed by atoms with Crippen LogP contribution in [0.3, 0.4) is 0 Å². The molecule has 0 aliphatic heterocycles. The molecule has 0 radical (unpaired) electrons. The predicted octanol–water partition coefficient (Wildman–Crippen LogP) is -0.740. The smallest absolute Gasteiger partial charge is 0.414 e. The second-order valence-electron chi connectivity index (χ2n) is 2.45. The van der Waals surface area contributed by atoms with Crippen LogP contribution in [-0.2, 0) is 9.59 Å². The van der Waals surface area contributed by atoms with Crippen LogP contribution in [0.25, 0.3) is 0 Å². The number of hydrogen-bond donors (Lipinski definition) is 4. The number of hydrogen-bond acceptors (Lipinski definition) is 4. The van der Waals surface area contributed by atoms with E-state index in [1.807, 2.05) is 6.92 Å². The van der Waals surface area contributed by atoms with Crippen molar-refractivity contribution in [1.29, 1.82) is 0 Å². The Hall–Kier alpha value is -1.14. The van der Waals surface area contributed by atoms with Gasteiger partial charge < -0.3 is 21.1 Å². The van der Waals surface area contributed by atoms with Crippen molar-refractivity contribution in [2.45, 2.75) is 32.4 Å². The maximum Gasteiger partial charge on any atom is 0.414 e. The van der Waals surface area contributed by atoms with Crippen LogP contribution in [0, 0.1) is 0 Å². The molecule has 0 aliphatic carbocycles. The molecule has 0 spiro atoms. The summed E-state index contributed by atoms with van der Waals surface area (Å²) in [6.45, 7) is 3.71. The fraction of sp³-hybridized carbons (Fsp3) is 0.714. The fourth-order valence-electron chi connectivity index (χ4n) is 0.372. The molecule has 13 heavy (non-hydrogen) atoms. The largest absolute Gasteiger partial charge is 0.473 e. The molecule has 0 amide bonds. The van der Waals surface area contributed by atoms with Crippen LogP contribution in [0.1, 0.15) is 20.3 Å². The van der Waals surface area contributed by atoms with Crippen molar-refractivity contribution in [2.24, 2.45) is 5.73 Å². The first-order chi connectivity index (χ1) is 5.82. The van der Waals surface area contributed by atoms with Crippen LogP contribution < -0.4 is 5.73 Å². The Kier molecular flexibility index (Phi) is 8.31. The number of aliphatic hydroxyl groups excluding tert-OH is 1. The summed E-state index contributed by atoms with van der Waals surface area (Å²) in [5.74, 6) is -3.65. The van der Waals surface area contributed by atoms with E-state index in [4.69, 9.17) is 30.6 Å². The standard InChI is InChI=1S/C5H13NO.C2H2O4/c1-3-5(7)4(2)6;3-1(4)2(5)6/h4-5,7H,3,6H2,1-2H3;(H,3,4)(H,5,6)/t4-,5+;/m0./s1. The fourth-order valence-corrected chi connectivity index (χ4v) is 0.372. The zero-order chi connectivity index (χ0) is 11.0. The molecule has 0 aliphatic rings. The van der Waals surface area contributed by atoms with Crippen LogP contribution in [0.5, 0.6) is 0 Å². The molecule has 6 heteroatoms. The molecule has 0 heterocycles. The van der Waals surface area contributed by atoms with E-state index in [0.29, 0.717) is 0 Å². The first-order valence-corrected chi connectivity index (χ1v) is 3.72. The lowest BCUT2D eigenvalue weighted by Crippen LogP contribution is -2.30. The summed E-state index contributed by atoms with van der Waals surface area (Å²) in [7, 11) is 0. The third-order valence-electron chi connectivity index (χ3n) is 1.21. The molecule has 0 rings (SSSR count). The van der Waals surface area contributed by atoms with Crippen molar-refractivity contribution in [1.82, 2.24) is 0 Å². The molecule has 0 fully saturated rings. The second-order valence-corrected chi connectivity index (χ2v) is 2.45. The normalized spacial score (nSPS) is 13.5. The zero-order valence-electron chi connectivity index (χ0n) is 7.60. The summed E-state index contributed by atoms with van der Waals surface area (Å²) in [6, 6.07) is -0.0787. The molecule has 0 aromatic carbocycles. The Morgan fingerprint density at radius 1 is 1.31 bits per heavy atom. The highest BCUT2D eigenvalue weighted by molar-refractivity contribution is 6.27. The maximum atomic E-state index is 9.10. The molecule has 0 aromatic rings. The quantitative estimate of drug-likeness (QED) is 0.428. The molecule has 0 saturated carbocycles. The SMILES string of the molecule is CC[C@@H](O)[C@H](C)N.O=C(O)C(=O)O. The minimum Gasteiger partial charge on any atom is -0.473 e. The first kappa shape index (κ1) is 14.4. The Balaban J connectivity index is 0. The van der Waals surface area contributed by atoms with Crippen LogP contribution >= 0.6 is 0 Å². The number of carbonyl (C=O) groups is 2. The predicted molar refractivity (Wildman–Crippen MR) is 45.2 cm³/mol. The van der Waals surface area contributed by atoms with Gasteiger partial charge in [-0.1, -0.05) is 6.92 Å². The highest BCUT2D eigenvalue weighted by atomic mass is 16.4. The molecule has 5 N–H and O–H groups in total. The van der Waals surface area contributed by atoms with Gasteiger partial charge in [0.15, 0.2) is 0 Å². The van der Waals surface area contributed by atoms with Crippen LogP contribution in [0.15, 0.2) is 0 Å². The van der Waals surface area contributed by atoms with Crippen LogP contribution in [-0.4, -0.2) is 39.4 Å². The Bertz CT molecular complexity index is 156. The van der Waals surface area contributed by atoms with Gasteiger partial charge in [-0.05, 0) is 13.3 Å². The molecule has 78 valence electrons. The summed E-state index contributed by atoms with van der Waals surface area (Å²) >= 11 is 0. The van der Waals surface area contributed by atoms with Crippen LogP contribution in [0.4, 0.5) is 0 Å². The van der Waals surface area contributed by atoms with Crippen LogP contribution in [0.2, 0.25) is 0 Å². The molecule has 0 bridgehead atoms. The summed E-state index contributed by atoms with van der Waals surface area (Å²) < 4.78 is 0. The number of aliphatic carboxylic acids is 2. The lowest BCUT2D eigenvalue weighted by atomic mass is 10.1. The summed E-state index contributed by atoms with van der Waals surface area (Å²) in [6.07, 6.45) is 0.428. The van der Waals surface area contributed by atoms with Crippen molar-refractivity contribution in [3.63, 3.8) is 0 Å². The van der Waals surface area contributed by atoms with E-state index in [-0.39, 0.29) is 12.1 Å². The first-order valence-electron chi connectivity index (χ1n) is 3.72. The second kappa shape index (κ2) is 7.51. The lowest BCUT2D eigenvalue weighted by molar-refractivity contribution is -0.159. The van der Waals surface area contributed by atoms with E-state index in [2.05, 4.69) is 0 Å². The number of carboxylic acid groups (broad SMARTS) is 2. The Morgan fingerprint density at radius 3 is 1.62 bits per heavy atom. The number of aliphatic hydroxyl groups is 1. The van der Waals surface area contributed by atoms with Gasteiger partial charge in [-0.25, -0.2) is 9.59 Å². The molecule has 0 aromatic heterocycles. The van der Waals surface area contributed by atoms with Gasteiger partial charge in [0.2, 0.25) is 0 Å². The molecule has 2 atom stereocenters. The van der Waals surface area contributed by atoms with E-state index in [0.717, 1.165) is 6.42 Å². The van der Waals surface area contributed by atoms with Gasteiger partial charge in [0.25, 0.3) is 0 Å². The highest BCUT2D eigenvalue weighted by Gasteiger charge is 2.04. The minimum atomic E-state index is -1.82. The monoisotopic (exact) mass is 193 g/mol. The summed E-state index contributed by atoms with van der Waals surface area (Å²) in [4.78, 5) is 18.2. The molecular weight excluding hydrogens is 178 g/mol. The third kappa shape index (κ3) is 10.9. The molecular formula is C7H15NO5. The summed E-state index contributed by atoms with van der Waals surface area (Å²) in [5.41, 5.74) is 5.30. The van der Waals surface area contributed by atoms with Crippen molar-refractivity contribution >= 4 is 11.9 Å². The van der Waals surface area contributed by atoms with E-state index in [9.17, 15) is 0 Å². The Labute approximate surface area is 76.0 Å². The molecule has 6 nitrogen and oxygen atoms in total. The van der Waals surface area contributed by atoms with Gasteiger partial charge in [0.05, 0.1) is 6.10 Å². The topological polar surface area (TPSA) is 121 Å². The van der Waals surface area contributed by atoms with Crippen molar-refractivity contribution in [2.75, 3.05) is 0 Å². The van der Waals surface area contributed by atoms with E-state index >= 15 is 0 Å². The van der Waals surface area contributed by atoms with Crippen molar-refractivity contribution in [3.8, 4) is 0 Å². The van der Waals surface area contributed by atoms with E-state index in [1.54, 1.807) is 6.92 Å². The highest BCUT2D eigenvalue weighted by Crippen LogP contribution is 1.91. The van der Waals surface area contributed by atoms with E-state index in [1.165, 1.54) is 0 Å². The van der Waals surface area contributed by atoms with Gasteiger partial charge in [-0.2, -0.15) is 0 Å².